The lowest BCUT2D eigenvalue weighted by Gasteiger charge is -2.27. The molecule has 2 N–H and O–H groups in total. The zero-order chi connectivity index (χ0) is 16.3. The number of hydrogen-bond donors (Lipinski definition) is 2. The van der Waals surface area contributed by atoms with Crippen molar-refractivity contribution in [3.8, 4) is 0 Å². The van der Waals surface area contributed by atoms with Gasteiger partial charge in [0.15, 0.2) is 5.69 Å². The van der Waals surface area contributed by atoms with E-state index in [-0.39, 0.29) is 13.1 Å². The first-order valence-electron chi connectivity index (χ1n) is 6.24. The molecule has 0 aliphatic rings. The second-order valence-corrected chi connectivity index (χ2v) is 5.41. The predicted molar refractivity (Wildman–Crippen MR) is 69.4 cm³/mol. The van der Waals surface area contributed by atoms with E-state index in [0.717, 1.165) is 16.9 Å². The van der Waals surface area contributed by atoms with Crippen LogP contribution in [0.25, 0.3) is 0 Å². The second-order valence-electron chi connectivity index (χ2n) is 5.41. The molecule has 0 aromatic carbocycles. The van der Waals surface area contributed by atoms with E-state index in [1.807, 2.05) is 0 Å². The van der Waals surface area contributed by atoms with Gasteiger partial charge in [0, 0.05) is 19.3 Å². The molecule has 120 valence electrons. The maximum absolute atomic E-state index is 12.4. The summed E-state index contributed by atoms with van der Waals surface area (Å²) >= 11 is 0. The highest BCUT2D eigenvalue weighted by atomic mass is 19.4. The first-order chi connectivity index (χ1) is 9.49. The number of amides is 1. The Morgan fingerprint density at radius 1 is 1.48 bits per heavy atom. The van der Waals surface area contributed by atoms with Gasteiger partial charge in [0.25, 0.3) is 0 Å². The molecule has 0 aliphatic carbocycles. The molecule has 1 aromatic rings. The van der Waals surface area contributed by atoms with Gasteiger partial charge in [-0.3, -0.25) is 9.48 Å². The fourth-order valence-electron chi connectivity index (χ4n) is 1.83. The quantitative estimate of drug-likeness (QED) is 0.794. The number of alkyl halides is 3. The molecule has 0 bridgehead atoms. The van der Waals surface area contributed by atoms with E-state index in [1.54, 1.807) is 25.9 Å². The van der Waals surface area contributed by atoms with Crippen molar-refractivity contribution in [3.63, 3.8) is 0 Å². The molecule has 1 aromatic heterocycles. The molecular formula is C12H19F3N4O2. The van der Waals surface area contributed by atoms with E-state index < -0.39 is 23.4 Å². The maximum Gasteiger partial charge on any atom is 0.435 e. The third-order valence-corrected chi connectivity index (χ3v) is 2.56. The standard InChI is InChI=1S/C12H19F3N4O2/c1-11(21,8-18(2)3)7-16-10(20)6-19-5-4-9(17-19)12(13,14)15/h4-5,21H,6-8H2,1-3H3,(H,16,20). The second kappa shape index (κ2) is 6.44. The zero-order valence-electron chi connectivity index (χ0n) is 12.1. The van der Waals surface area contributed by atoms with Crippen molar-refractivity contribution in [1.82, 2.24) is 20.0 Å². The van der Waals surface area contributed by atoms with Crippen LogP contribution in [0.1, 0.15) is 12.6 Å². The van der Waals surface area contributed by atoms with Crippen LogP contribution in [0.5, 0.6) is 0 Å². The Kier molecular flexibility index (Phi) is 5.35. The Morgan fingerprint density at radius 3 is 2.57 bits per heavy atom. The lowest BCUT2D eigenvalue weighted by molar-refractivity contribution is -0.141. The number of halogens is 3. The number of aromatic nitrogens is 2. The monoisotopic (exact) mass is 308 g/mol. The summed E-state index contributed by atoms with van der Waals surface area (Å²) < 4.78 is 38.0. The normalized spacial score (nSPS) is 15.0. The molecule has 0 saturated carbocycles. The molecule has 1 atom stereocenters. The number of likely N-dealkylation sites (N-methyl/N-ethyl adjacent to an activating group) is 1. The zero-order valence-corrected chi connectivity index (χ0v) is 12.1. The van der Waals surface area contributed by atoms with Gasteiger partial charge in [-0.2, -0.15) is 18.3 Å². The van der Waals surface area contributed by atoms with E-state index in [1.165, 1.54) is 0 Å². The fraction of sp³-hybridized carbons (Fsp3) is 0.667. The number of nitrogens with zero attached hydrogens (tertiary/aromatic N) is 3. The minimum absolute atomic E-state index is 0.00257. The van der Waals surface area contributed by atoms with Crippen molar-refractivity contribution >= 4 is 5.91 Å². The lowest BCUT2D eigenvalue weighted by atomic mass is 10.1. The molecule has 9 heteroatoms. The first-order valence-corrected chi connectivity index (χ1v) is 6.24. The van der Waals surface area contributed by atoms with Gasteiger partial charge in [-0.1, -0.05) is 0 Å². The van der Waals surface area contributed by atoms with Crippen LogP contribution in [0.2, 0.25) is 0 Å². The summed E-state index contributed by atoms with van der Waals surface area (Å²) in [5.41, 5.74) is -2.17. The highest BCUT2D eigenvalue weighted by molar-refractivity contribution is 5.75. The van der Waals surface area contributed by atoms with Crippen LogP contribution in [0.4, 0.5) is 13.2 Å². The van der Waals surface area contributed by atoms with Crippen LogP contribution < -0.4 is 5.32 Å². The highest BCUT2D eigenvalue weighted by Crippen LogP contribution is 2.27. The van der Waals surface area contributed by atoms with Gasteiger partial charge in [-0.05, 0) is 27.1 Å². The number of nitrogens with one attached hydrogen (secondary N) is 1. The van der Waals surface area contributed by atoms with E-state index >= 15 is 0 Å². The number of rotatable bonds is 6. The summed E-state index contributed by atoms with van der Waals surface area (Å²) in [6.45, 7) is 1.56. The molecule has 1 rings (SSSR count). The smallest absolute Gasteiger partial charge is 0.387 e. The molecule has 1 unspecified atom stereocenters. The summed E-state index contributed by atoms with van der Waals surface area (Å²) in [5.74, 6) is -0.522. The van der Waals surface area contributed by atoms with Gasteiger partial charge in [0.2, 0.25) is 5.91 Å². The van der Waals surface area contributed by atoms with Crippen molar-refractivity contribution in [2.45, 2.75) is 25.2 Å². The minimum atomic E-state index is -4.53. The van der Waals surface area contributed by atoms with Gasteiger partial charge in [-0.25, -0.2) is 0 Å². The summed E-state index contributed by atoms with van der Waals surface area (Å²) in [7, 11) is 3.55. The lowest BCUT2D eigenvalue weighted by Crippen LogP contribution is -2.47. The average molecular weight is 308 g/mol. The molecule has 0 fully saturated rings. The summed E-state index contributed by atoms with van der Waals surface area (Å²) in [6.07, 6.45) is -3.45. The Bertz CT molecular complexity index is 483. The first kappa shape index (κ1) is 17.4. The van der Waals surface area contributed by atoms with E-state index in [9.17, 15) is 23.1 Å². The molecule has 21 heavy (non-hydrogen) atoms. The number of aliphatic hydroxyl groups is 1. The average Bonchev–Trinajstić information content (AvgIpc) is 2.73. The van der Waals surface area contributed by atoms with Gasteiger partial charge in [-0.15, -0.1) is 0 Å². The van der Waals surface area contributed by atoms with Crippen LogP contribution >= 0.6 is 0 Å². The van der Waals surface area contributed by atoms with Crippen LogP contribution in [0.3, 0.4) is 0 Å². The van der Waals surface area contributed by atoms with E-state index in [4.69, 9.17) is 0 Å². The number of carbonyl (C=O) groups excluding carboxylic acids is 1. The SMILES string of the molecule is CN(C)CC(C)(O)CNC(=O)Cn1ccc(C(F)(F)F)n1. The van der Waals surface area contributed by atoms with E-state index in [0.29, 0.717) is 6.54 Å². The van der Waals surface area contributed by atoms with Gasteiger partial charge < -0.3 is 15.3 Å². The van der Waals surface area contributed by atoms with Crippen LogP contribution in [0, 0.1) is 0 Å². The largest absolute Gasteiger partial charge is 0.435 e. The molecule has 0 radical (unpaired) electrons. The Balaban J connectivity index is 2.49. The van der Waals surface area contributed by atoms with Crippen molar-refractivity contribution in [1.29, 1.82) is 0 Å². The van der Waals surface area contributed by atoms with Crippen molar-refractivity contribution in [2.75, 3.05) is 27.2 Å². The summed E-state index contributed by atoms with van der Waals surface area (Å²) in [5, 5.41) is 15.7. The molecule has 0 aliphatic heterocycles. The van der Waals surface area contributed by atoms with Gasteiger partial charge in [0.1, 0.15) is 6.54 Å². The third-order valence-electron chi connectivity index (χ3n) is 2.56. The van der Waals surface area contributed by atoms with Crippen molar-refractivity contribution < 1.29 is 23.1 Å². The predicted octanol–water partition coefficient (Wildman–Crippen LogP) is 0.331. The van der Waals surface area contributed by atoms with Crippen LogP contribution in [0.15, 0.2) is 12.3 Å². The van der Waals surface area contributed by atoms with Gasteiger partial charge >= 0.3 is 6.18 Å². The topological polar surface area (TPSA) is 70.4 Å². The third kappa shape index (κ3) is 6.13. The van der Waals surface area contributed by atoms with E-state index in [2.05, 4.69) is 10.4 Å². The molecule has 1 amide bonds. The molecular weight excluding hydrogens is 289 g/mol. The Morgan fingerprint density at radius 2 is 2.10 bits per heavy atom. The maximum atomic E-state index is 12.4. The summed E-state index contributed by atoms with van der Waals surface area (Å²) in [6, 6.07) is 0.801. The van der Waals surface area contributed by atoms with Crippen LogP contribution in [-0.2, 0) is 17.5 Å². The molecule has 1 heterocycles. The molecule has 0 spiro atoms. The molecule has 6 nitrogen and oxygen atoms in total. The Hall–Kier alpha value is -1.61. The van der Waals surface area contributed by atoms with Crippen molar-refractivity contribution in [2.24, 2.45) is 0 Å². The van der Waals surface area contributed by atoms with Crippen molar-refractivity contribution in [3.05, 3.63) is 18.0 Å². The van der Waals surface area contributed by atoms with Gasteiger partial charge in [0.05, 0.1) is 5.60 Å². The fourth-order valence-corrected chi connectivity index (χ4v) is 1.83. The highest BCUT2D eigenvalue weighted by Gasteiger charge is 2.33. The van der Waals surface area contributed by atoms with Crippen LogP contribution in [-0.4, -0.2) is 58.5 Å². The molecule has 0 saturated heterocycles. The minimum Gasteiger partial charge on any atom is -0.387 e. The number of carbonyl (C=O) groups is 1. The summed E-state index contributed by atoms with van der Waals surface area (Å²) in [4.78, 5) is 13.4. The number of hydrogen-bond acceptors (Lipinski definition) is 4. The Labute approximate surface area is 120 Å².